The van der Waals surface area contributed by atoms with E-state index >= 15 is 0 Å². The first-order valence-corrected chi connectivity index (χ1v) is 9.16. The molecule has 0 saturated heterocycles. The lowest BCUT2D eigenvalue weighted by Gasteiger charge is -2.08. The Balaban J connectivity index is 1.70. The number of esters is 1. The number of aryl methyl sites for hydroxylation is 1. The highest BCUT2D eigenvalue weighted by Gasteiger charge is 2.23. The molecular formula is C18H19N3O4S. The number of rotatable bonds is 8. The van der Waals surface area contributed by atoms with Crippen molar-refractivity contribution < 1.29 is 18.7 Å². The van der Waals surface area contributed by atoms with Gasteiger partial charge in [-0.2, -0.15) is 5.10 Å². The lowest BCUT2D eigenvalue weighted by Crippen LogP contribution is -2.15. The van der Waals surface area contributed by atoms with Crippen molar-refractivity contribution in [2.45, 2.75) is 26.3 Å². The summed E-state index contributed by atoms with van der Waals surface area (Å²) in [5.41, 5.74) is 0.942. The number of ether oxygens (including phenoxy) is 1. The summed E-state index contributed by atoms with van der Waals surface area (Å²) in [6, 6.07) is 5.35. The first-order valence-electron chi connectivity index (χ1n) is 8.28. The fraction of sp³-hybridized carbons (Fsp3) is 0.278. The maximum atomic E-state index is 12.4. The Hall–Kier alpha value is -2.87. The quantitative estimate of drug-likeness (QED) is 0.607. The lowest BCUT2D eigenvalue weighted by atomic mass is 10.1. The molecule has 0 saturated carbocycles. The first kappa shape index (κ1) is 17.9. The number of anilines is 1. The smallest absolute Gasteiger partial charge is 0.341 e. The molecule has 0 spiro atoms. The lowest BCUT2D eigenvalue weighted by molar-refractivity contribution is -0.116. The van der Waals surface area contributed by atoms with Gasteiger partial charge in [0.05, 0.1) is 12.9 Å². The predicted octanol–water partition coefficient (Wildman–Crippen LogP) is 3.80. The monoisotopic (exact) mass is 373 g/mol. The van der Waals surface area contributed by atoms with Crippen molar-refractivity contribution in [1.82, 2.24) is 9.78 Å². The number of hydrogen-bond donors (Lipinski definition) is 1. The van der Waals surface area contributed by atoms with E-state index in [4.69, 9.17) is 9.15 Å². The van der Waals surface area contributed by atoms with E-state index in [1.54, 1.807) is 35.3 Å². The average molecular weight is 373 g/mol. The molecule has 0 unspecified atom stereocenters. The zero-order valence-electron chi connectivity index (χ0n) is 14.3. The summed E-state index contributed by atoms with van der Waals surface area (Å²) in [7, 11) is 0. The van der Waals surface area contributed by atoms with Gasteiger partial charge in [-0.3, -0.25) is 9.48 Å². The van der Waals surface area contributed by atoms with Crippen molar-refractivity contribution in [2.75, 3.05) is 11.9 Å². The molecule has 0 aliphatic heterocycles. The van der Waals surface area contributed by atoms with E-state index in [1.165, 1.54) is 17.6 Å². The number of aromatic nitrogens is 2. The minimum Gasteiger partial charge on any atom is -0.464 e. The Labute approximate surface area is 154 Å². The second kappa shape index (κ2) is 8.48. The van der Waals surface area contributed by atoms with Gasteiger partial charge in [0.25, 0.3) is 0 Å². The van der Waals surface area contributed by atoms with Crippen molar-refractivity contribution in [2.24, 2.45) is 0 Å². The largest absolute Gasteiger partial charge is 0.464 e. The van der Waals surface area contributed by atoms with Gasteiger partial charge in [-0.1, -0.05) is 0 Å². The molecule has 3 heterocycles. The summed E-state index contributed by atoms with van der Waals surface area (Å²) in [6.45, 7) is 2.65. The molecule has 3 aromatic heterocycles. The molecule has 7 nitrogen and oxygen atoms in total. The van der Waals surface area contributed by atoms with Crippen molar-refractivity contribution in [3.63, 3.8) is 0 Å². The molecule has 0 bridgehead atoms. The van der Waals surface area contributed by atoms with Crippen molar-refractivity contribution in [3.05, 3.63) is 47.8 Å². The van der Waals surface area contributed by atoms with Crippen LogP contribution in [0, 0.1) is 0 Å². The Morgan fingerprint density at radius 1 is 1.38 bits per heavy atom. The van der Waals surface area contributed by atoms with Gasteiger partial charge in [0, 0.05) is 36.3 Å². The molecule has 0 aliphatic rings. The Kier molecular flexibility index (Phi) is 5.85. The Bertz CT molecular complexity index is 853. The van der Waals surface area contributed by atoms with Crippen molar-refractivity contribution in [1.29, 1.82) is 0 Å². The van der Waals surface area contributed by atoms with Gasteiger partial charge >= 0.3 is 5.97 Å². The summed E-state index contributed by atoms with van der Waals surface area (Å²) in [6.07, 6.45) is 6.07. The average Bonchev–Trinajstić information content (AvgIpc) is 3.36. The number of nitrogens with one attached hydrogen (secondary N) is 1. The Morgan fingerprint density at radius 2 is 2.27 bits per heavy atom. The van der Waals surface area contributed by atoms with E-state index in [2.05, 4.69) is 10.4 Å². The van der Waals surface area contributed by atoms with Crippen LogP contribution in [0.5, 0.6) is 0 Å². The Morgan fingerprint density at radius 3 is 2.96 bits per heavy atom. The summed E-state index contributed by atoms with van der Waals surface area (Å²) in [4.78, 5) is 24.6. The zero-order valence-corrected chi connectivity index (χ0v) is 15.1. The van der Waals surface area contributed by atoms with Crippen molar-refractivity contribution >= 4 is 28.2 Å². The van der Waals surface area contributed by atoms with Gasteiger partial charge in [0.1, 0.15) is 16.3 Å². The first-order chi connectivity index (χ1) is 12.7. The van der Waals surface area contributed by atoms with E-state index in [-0.39, 0.29) is 12.5 Å². The molecule has 26 heavy (non-hydrogen) atoms. The maximum absolute atomic E-state index is 12.4. The molecule has 1 N–H and O–H groups in total. The van der Waals surface area contributed by atoms with Gasteiger partial charge in [0.15, 0.2) is 0 Å². The third-order valence-corrected chi connectivity index (χ3v) is 4.56. The van der Waals surface area contributed by atoms with E-state index in [9.17, 15) is 9.59 Å². The van der Waals surface area contributed by atoms with Gasteiger partial charge in [0.2, 0.25) is 5.91 Å². The SMILES string of the molecule is CCOC(=O)c1c(-c2ccco2)csc1NC(=O)CCCn1cccn1. The van der Waals surface area contributed by atoms with Crippen LogP contribution in [-0.4, -0.2) is 28.3 Å². The van der Waals surface area contributed by atoms with Gasteiger partial charge in [-0.25, -0.2) is 4.79 Å². The topological polar surface area (TPSA) is 86.4 Å². The molecule has 3 aromatic rings. The van der Waals surface area contributed by atoms with Crippen LogP contribution in [0.1, 0.15) is 30.1 Å². The fourth-order valence-corrected chi connectivity index (χ4v) is 3.45. The number of hydrogen-bond acceptors (Lipinski definition) is 6. The van der Waals surface area contributed by atoms with E-state index in [0.29, 0.717) is 41.3 Å². The van der Waals surface area contributed by atoms with Gasteiger partial charge in [-0.05, 0) is 31.5 Å². The van der Waals surface area contributed by atoms with Crippen molar-refractivity contribution in [3.8, 4) is 11.3 Å². The fourth-order valence-electron chi connectivity index (χ4n) is 2.49. The van der Waals surface area contributed by atoms with Crippen LogP contribution in [0.15, 0.2) is 46.7 Å². The molecule has 136 valence electrons. The molecule has 3 rings (SSSR count). The van der Waals surface area contributed by atoms with Crippen LogP contribution < -0.4 is 5.32 Å². The van der Waals surface area contributed by atoms with Crippen LogP contribution in [0.4, 0.5) is 5.00 Å². The zero-order chi connectivity index (χ0) is 18.4. The molecular weight excluding hydrogens is 354 g/mol. The number of carbonyl (C=O) groups excluding carboxylic acids is 2. The third-order valence-electron chi connectivity index (χ3n) is 3.66. The normalized spacial score (nSPS) is 10.7. The minimum absolute atomic E-state index is 0.157. The predicted molar refractivity (Wildman–Crippen MR) is 98.1 cm³/mol. The summed E-state index contributed by atoms with van der Waals surface area (Å²) in [5.74, 6) is -0.0778. The molecule has 0 atom stereocenters. The highest BCUT2D eigenvalue weighted by Crippen LogP contribution is 2.36. The van der Waals surface area contributed by atoms with Crippen LogP contribution in [0.25, 0.3) is 11.3 Å². The highest BCUT2D eigenvalue weighted by molar-refractivity contribution is 7.15. The maximum Gasteiger partial charge on any atom is 0.341 e. The van der Waals surface area contributed by atoms with Crippen LogP contribution in [0.3, 0.4) is 0 Å². The number of furan rings is 1. The minimum atomic E-state index is -0.480. The summed E-state index contributed by atoms with van der Waals surface area (Å²) < 4.78 is 12.3. The summed E-state index contributed by atoms with van der Waals surface area (Å²) in [5, 5.41) is 9.18. The number of carbonyl (C=O) groups is 2. The standard InChI is InChI=1S/C18H19N3O4S/c1-2-24-18(23)16-13(14-6-4-11-25-14)12-26-17(16)20-15(22)7-3-9-21-10-5-8-19-21/h4-6,8,10-12H,2-3,7,9H2,1H3,(H,20,22). The van der Waals surface area contributed by atoms with E-state index in [0.717, 1.165) is 0 Å². The van der Waals surface area contributed by atoms with E-state index < -0.39 is 5.97 Å². The van der Waals surface area contributed by atoms with Crippen LogP contribution in [-0.2, 0) is 16.1 Å². The van der Waals surface area contributed by atoms with Crippen LogP contribution >= 0.6 is 11.3 Å². The number of nitrogens with zero attached hydrogens (tertiary/aromatic N) is 2. The van der Waals surface area contributed by atoms with E-state index in [1.807, 2.05) is 12.3 Å². The molecule has 0 fully saturated rings. The van der Waals surface area contributed by atoms with Gasteiger partial charge < -0.3 is 14.5 Å². The third kappa shape index (κ3) is 4.20. The molecule has 8 heteroatoms. The second-order valence-electron chi connectivity index (χ2n) is 5.47. The summed E-state index contributed by atoms with van der Waals surface area (Å²) >= 11 is 1.28. The molecule has 0 radical (unpaired) electrons. The second-order valence-corrected chi connectivity index (χ2v) is 6.35. The van der Waals surface area contributed by atoms with Crippen LogP contribution in [0.2, 0.25) is 0 Å². The number of amides is 1. The highest BCUT2D eigenvalue weighted by atomic mass is 32.1. The molecule has 0 aliphatic carbocycles. The van der Waals surface area contributed by atoms with Gasteiger partial charge in [-0.15, -0.1) is 11.3 Å². The molecule has 1 amide bonds. The number of thiophene rings is 1. The molecule has 0 aromatic carbocycles.